The van der Waals surface area contributed by atoms with E-state index in [1.807, 2.05) is 0 Å². The molecule has 3 heteroatoms. The Labute approximate surface area is 69.1 Å². The molecular formula is C8H18N3. The van der Waals surface area contributed by atoms with E-state index >= 15 is 0 Å². The molecule has 11 heavy (non-hydrogen) atoms. The summed E-state index contributed by atoms with van der Waals surface area (Å²) in [6.07, 6.45) is 0.429. The Balaban J connectivity index is 2.30. The van der Waals surface area contributed by atoms with Crippen LogP contribution < -0.4 is 10.6 Å². The minimum atomic E-state index is 0.429. The number of rotatable bonds is 3. The molecule has 1 unspecified atom stereocenters. The maximum absolute atomic E-state index is 4.53. The van der Waals surface area contributed by atoms with Gasteiger partial charge in [0.15, 0.2) is 0 Å². The Bertz CT molecular complexity index is 95.5. The molecule has 0 bridgehead atoms. The molecule has 65 valence electrons. The van der Waals surface area contributed by atoms with Gasteiger partial charge < -0.3 is 5.32 Å². The Morgan fingerprint density at radius 2 is 2.18 bits per heavy atom. The highest BCUT2D eigenvalue weighted by atomic mass is 15.3. The smallest absolute Gasteiger partial charge is 0.0887 e. The van der Waals surface area contributed by atoms with Crippen molar-refractivity contribution in [2.75, 3.05) is 32.7 Å². The maximum Gasteiger partial charge on any atom is 0.0887 e. The zero-order valence-electron chi connectivity index (χ0n) is 7.51. The van der Waals surface area contributed by atoms with Gasteiger partial charge in [0.1, 0.15) is 0 Å². The first-order valence-corrected chi connectivity index (χ1v) is 4.49. The minimum Gasteiger partial charge on any atom is -0.312 e. The lowest BCUT2D eigenvalue weighted by Crippen LogP contribution is -2.53. The molecule has 0 saturated carbocycles. The molecule has 0 aromatic heterocycles. The van der Waals surface area contributed by atoms with Crippen LogP contribution in [0.25, 0.3) is 0 Å². The molecule has 1 aliphatic heterocycles. The summed E-state index contributed by atoms with van der Waals surface area (Å²) in [6, 6.07) is 0. The van der Waals surface area contributed by atoms with Crippen molar-refractivity contribution in [1.82, 2.24) is 15.5 Å². The van der Waals surface area contributed by atoms with Gasteiger partial charge in [0.2, 0.25) is 0 Å². The largest absolute Gasteiger partial charge is 0.312 e. The van der Waals surface area contributed by atoms with E-state index in [0.717, 1.165) is 32.7 Å². The van der Waals surface area contributed by atoms with Crippen molar-refractivity contribution in [2.45, 2.75) is 20.0 Å². The van der Waals surface area contributed by atoms with E-state index in [1.165, 1.54) is 0 Å². The average molecular weight is 156 g/mol. The van der Waals surface area contributed by atoms with Gasteiger partial charge in [-0.15, -0.1) is 0 Å². The third kappa shape index (κ3) is 2.43. The molecule has 1 heterocycles. The summed E-state index contributed by atoms with van der Waals surface area (Å²) >= 11 is 0. The van der Waals surface area contributed by atoms with Crippen molar-refractivity contribution in [3.8, 4) is 0 Å². The molecule has 1 N–H and O–H groups in total. The number of piperazine rings is 1. The Morgan fingerprint density at radius 1 is 1.45 bits per heavy atom. The van der Waals surface area contributed by atoms with Gasteiger partial charge in [0, 0.05) is 19.6 Å². The number of nitrogens with one attached hydrogen (secondary N) is 1. The van der Waals surface area contributed by atoms with Crippen molar-refractivity contribution in [3.05, 3.63) is 0 Å². The first-order chi connectivity index (χ1) is 5.38. The van der Waals surface area contributed by atoms with Crippen LogP contribution >= 0.6 is 0 Å². The highest BCUT2D eigenvalue weighted by Gasteiger charge is 2.17. The topological polar surface area (TPSA) is 29.4 Å². The van der Waals surface area contributed by atoms with Crippen LogP contribution in [-0.4, -0.2) is 43.8 Å². The summed E-state index contributed by atoms with van der Waals surface area (Å²) in [4.78, 5) is 2.38. The predicted octanol–water partition coefficient (Wildman–Crippen LogP) is -0.138. The van der Waals surface area contributed by atoms with E-state index in [9.17, 15) is 0 Å². The fourth-order valence-corrected chi connectivity index (χ4v) is 1.48. The van der Waals surface area contributed by atoms with E-state index in [0.29, 0.717) is 6.17 Å². The Morgan fingerprint density at radius 3 is 2.64 bits per heavy atom. The summed E-state index contributed by atoms with van der Waals surface area (Å²) in [5.41, 5.74) is 0. The van der Waals surface area contributed by atoms with Gasteiger partial charge in [0.25, 0.3) is 0 Å². The standard InChI is InChI=1S/C8H18N3/c1-3-11(4-2)8-7-9-5-6-10-8/h8-9H,3-7H2,1-2H3. The van der Waals surface area contributed by atoms with Crippen LogP contribution in [0.4, 0.5) is 0 Å². The monoisotopic (exact) mass is 156 g/mol. The van der Waals surface area contributed by atoms with Crippen molar-refractivity contribution < 1.29 is 0 Å². The van der Waals surface area contributed by atoms with Gasteiger partial charge in [-0.2, -0.15) is 0 Å². The van der Waals surface area contributed by atoms with Crippen LogP contribution in [0.1, 0.15) is 13.8 Å². The predicted molar refractivity (Wildman–Crippen MR) is 46.6 cm³/mol. The molecular weight excluding hydrogens is 138 g/mol. The SMILES string of the molecule is CCN(CC)C1CNCC[N]1. The lowest BCUT2D eigenvalue weighted by atomic mass is 10.3. The number of hydrogen-bond donors (Lipinski definition) is 1. The van der Waals surface area contributed by atoms with E-state index in [1.54, 1.807) is 0 Å². The van der Waals surface area contributed by atoms with Gasteiger partial charge in [0.05, 0.1) is 6.17 Å². The van der Waals surface area contributed by atoms with Gasteiger partial charge in [-0.05, 0) is 13.1 Å². The highest BCUT2D eigenvalue weighted by molar-refractivity contribution is 4.74. The van der Waals surface area contributed by atoms with Gasteiger partial charge in [-0.1, -0.05) is 13.8 Å². The molecule has 0 aliphatic carbocycles. The van der Waals surface area contributed by atoms with Gasteiger partial charge >= 0.3 is 0 Å². The third-order valence-electron chi connectivity index (χ3n) is 2.19. The lowest BCUT2D eigenvalue weighted by molar-refractivity contribution is 0.159. The van der Waals surface area contributed by atoms with Crippen LogP contribution in [0.5, 0.6) is 0 Å². The van der Waals surface area contributed by atoms with Crippen LogP contribution in [-0.2, 0) is 0 Å². The first kappa shape index (κ1) is 8.97. The molecule has 0 aromatic rings. The first-order valence-electron chi connectivity index (χ1n) is 4.49. The van der Waals surface area contributed by atoms with E-state index < -0.39 is 0 Å². The second-order valence-corrected chi connectivity index (χ2v) is 2.81. The molecule has 1 aliphatic rings. The van der Waals surface area contributed by atoms with Crippen LogP contribution in [0.15, 0.2) is 0 Å². The average Bonchev–Trinajstić information content (AvgIpc) is 2.09. The number of likely N-dealkylation sites (N-methyl/N-ethyl adjacent to an activating group) is 1. The van der Waals surface area contributed by atoms with E-state index in [-0.39, 0.29) is 0 Å². The van der Waals surface area contributed by atoms with Crippen molar-refractivity contribution in [2.24, 2.45) is 0 Å². The Hall–Kier alpha value is -0.120. The zero-order valence-corrected chi connectivity index (χ0v) is 7.51. The molecule has 0 spiro atoms. The fraction of sp³-hybridized carbons (Fsp3) is 1.00. The van der Waals surface area contributed by atoms with Gasteiger partial charge in [-0.3, -0.25) is 4.90 Å². The normalized spacial score (nSPS) is 25.9. The second-order valence-electron chi connectivity index (χ2n) is 2.81. The minimum absolute atomic E-state index is 0.429. The summed E-state index contributed by atoms with van der Waals surface area (Å²) < 4.78 is 0. The number of hydrogen-bond acceptors (Lipinski definition) is 2. The van der Waals surface area contributed by atoms with E-state index in [2.05, 4.69) is 29.4 Å². The molecule has 0 aromatic carbocycles. The zero-order chi connectivity index (χ0) is 8.10. The molecule has 3 nitrogen and oxygen atoms in total. The summed E-state index contributed by atoms with van der Waals surface area (Å²) in [5, 5.41) is 7.88. The van der Waals surface area contributed by atoms with Crippen LogP contribution in [0, 0.1) is 0 Å². The summed E-state index contributed by atoms with van der Waals surface area (Å²) in [6.45, 7) is 9.64. The van der Waals surface area contributed by atoms with Crippen LogP contribution in [0.2, 0.25) is 0 Å². The molecule has 1 fully saturated rings. The molecule has 1 radical (unpaired) electrons. The summed E-state index contributed by atoms with van der Waals surface area (Å²) in [7, 11) is 0. The quantitative estimate of drug-likeness (QED) is 0.616. The molecule has 1 saturated heterocycles. The molecule has 0 amide bonds. The highest BCUT2D eigenvalue weighted by Crippen LogP contribution is 1.97. The maximum atomic E-state index is 4.53. The number of nitrogens with zero attached hydrogens (tertiary/aromatic N) is 2. The van der Waals surface area contributed by atoms with Gasteiger partial charge in [-0.25, -0.2) is 5.32 Å². The fourth-order valence-electron chi connectivity index (χ4n) is 1.48. The Kier molecular flexibility index (Phi) is 3.83. The molecule has 1 atom stereocenters. The van der Waals surface area contributed by atoms with Crippen LogP contribution in [0.3, 0.4) is 0 Å². The van der Waals surface area contributed by atoms with Crippen molar-refractivity contribution in [1.29, 1.82) is 0 Å². The second kappa shape index (κ2) is 4.70. The third-order valence-corrected chi connectivity index (χ3v) is 2.19. The van der Waals surface area contributed by atoms with Crippen molar-refractivity contribution >= 4 is 0 Å². The summed E-state index contributed by atoms with van der Waals surface area (Å²) in [5.74, 6) is 0. The molecule has 1 rings (SSSR count). The van der Waals surface area contributed by atoms with Crippen molar-refractivity contribution in [3.63, 3.8) is 0 Å². The van der Waals surface area contributed by atoms with E-state index in [4.69, 9.17) is 0 Å². The lowest BCUT2D eigenvalue weighted by Gasteiger charge is -2.32.